The van der Waals surface area contributed by atoms with Crippen molar-refractivity contribution in [3.63, 3.8) is 0 Å². The first-order chi connectivity index (χ1) is 14.9. The molecule has 160 valence electrons. The Bertz CT molecular complexity index is 1170. The van der Waals surface area contributed by atoms with Crippen LogP contribution in [0, 0.1) is 23.3 Å². The van der Waals surface area contributed by atoms with Gasteiger partial charge in [-0.3, -0.25) is 0 Å². The molecule has 0 heterocycles. The minimum atomic E-state index is -1.03. The van der Waals surface area contributed by atoms with E-state index in [4.69, 9.17) is 0 Å². The maximum Gasteiger partial charge on any atom is 0.167 e. The van der Waals surface area contributed by atoms with E-state index in [-0.39, 0.29) is 22.5 Å². The summed E-state index contributed by atoms with van der Waals surface area (Å²) in [6.07, 6.45) is 4.77. The van der Waals surface area contributed by atoms with Gasteiger partial charge < -0.3 is 0 Å². The van der Waals surface area contributed by atoms with Crippen LogP contribution >= 0.6 is 0 Å². The molecular weight excluding hydrogens is 400 g/mol. The van der Waals surface area contributed by atoms with Crippen LogP contribution < -0.4 is 0 Å². The number of rotatable bonds is 5. The Morgan fingerprint density at radius 1 is 0.742 bits per heavy atom. The second kappa shape index (κ2) is 8.70. The van der Waals surface area contributed by atoms with Crippen LogP contribution in [-0.4, -0.2) is 0 Å². The topological polar surface area (TPSA) is 0 Å². The summed E-state index contributed by atoms with van der Waals surface area (Å²) in [6, 6.07) is 11.4. The van der Waals surface area contributed by atoms with Crippen LogP contribution in [0.2, 0.25) is 0 Å². The number of allylic oxidation sites excluding steroid dienone is 1. The monoisotopic (exact) mass is 424 g/mol. The Morgan fingerprint density at radius 3 is 2.16 bits per heavy atom. The molecule has 1 aliphatic carbocycles. The number of hydrogen-bond donors (Lipinski definition) is 0. The molecule has 3 aromatic carbocycles. The summed E-state index contributed by atoms with van der Waals surface area (Å²) in [5.74, 6) is -2.78. The molecule has 3 aromatic rings. The molecule has 0 saturated heterocycles. The summed E-state index contributed by atoms with van der Waals surface area (Å²) in [7, 11) is 0. The van der Waals surface area contributed by atoms with E-state index in [2.05, 4.69) is 0 Å². The van der Waals surface area contributed by atoms with E-state index in [1.54, 1.807) is 31.2 Å². The van der Waals surface area contributed by atoms with E-state index in [9.17, 15) is 13.2 Å². The maximum absolute atomic E-state index is 15.3. The zero-order valence-corrected chi connectivity index (χ0v) is 17.7. The van der Waals surface area contributed by atoms with Crippen LogP contribution in [0.5, 0.6) is 0 Å². The molecule has 0 saturated carbocycles. The van der Waals surface area contributed by atoms with Crippen LogP contribution in [0.1, 0.15) is 54.5 Å². The predicted molar refractivity (Wildman–Crippen MR) is 118 cm³/mol. The third kappa shape index (κ3) is 3.91. The van der Waals surface area contributed by atoms with Gasteiger partial charge >= 0.3 is 0 Å². The fraction of sp³-hybridized carbons (Fsp3) is 0.259. The number of aryl methyl sites for hydroxylation is 2. The lowest BCUT2D eigenvalue weighted by atomic mass is 9.86. The third-order valence-electron chi connectivity index (χ3n) is 6.00. The lowest BCUT2D eigenvalue weighted by Gasteiger charge is -2.20. The third-order valence-corrected chi connectivity index (χ3v) is 6.00. The van der Waals surface area contributed by atoms with Crippen molar-refractivity contribution in [2.24, 2.45) is 0 Å². The molecule has 0 N–H and O–H groups in total. The van der Waals surface area contributed by atoms with Gasteiger partial charge in [0.2, 0.25) is 0 Å². The average Bonchev–Trinajstić information content (AvgIpc) is 2.76. The van der Waals surface area contributed by atoms with Crippen molar-refractivity contribution < 1.29 is 17.6 Å². The predicted octanol–water partition coefficient (Wildman–Crippen LogP) is 7.91. The van der Waals surface area contributed by atoms with Gasteiger partial charge in [-0.2, -0.15) is 0 Å². The van der Waals surface area contributed by atoms with Gasteiger partial charge in [-0.05, 0) is 59.6 Å². The second-order valence-electron chi connectivity index (χ2n) is 7.98. The fourth-order valence-corrected chi connectivity index (χ4v) is 4.30. The molecule has 0 unspecified atom stereocenters. The zero-order valence-electron chi connectivity index (χ0n) is 17.7. The lowest BCUT2D eigenvalue weighted by molar-refractivity contribution is 0.501. The first-order valence-electron chi connectivity index (χ1n) is 10.7. The summed E-state index contributed by atoms with van der Waals surface area (Å²) < 4.78 is 58.7. The van der Waals surface area contributed by atoms with Crippen molar-refractivity contribution in [1.82, 2.24) is 0 Å². The molecule has 0 spiro atoms. The van der Waals surface area contributed by atoms with Gasteiger partial charge in [-0.25, -0.2) is 17.6 Å². The number of benzene rings is 3. The van der Waals surface area contributed by atoms with E-state index < -0.39 is 17.5 Å². The fourth-order valence-electron chi connectivity index (χ4n) is 4.30. The molecule has 4 heteroatoms. The van der Waals surface area contributed by atoms with E-state index in [0.29, 0.717) is 36.0 Å². The highest BCUT2D eigenvalue weighted by atomic mass is 19.2. The summed E-state index contributed by atoms with van der Waals surface area (Å²) in [4.78, 5) is 0. The molecular formula is C27H24F4. The molecule has 4 rings (SSSR count). The first kappa shape index (κ1) is 21.4. The van der Waals surface area contributed by atoms with Gasteiger partial charge in [0.1, 0.15) is 11.6 Å². The normalized spacial score (nSPS) is 13.2. The van der Waals surface area contributed by atoms with Gasteiger partial charge in [0.15, 0.2) is 11.6 Å². The standard InChI is InChI=1S/C27H24F4/c1-3-5-16-6-10-20(24(28)14-16)18-8-11-21-19(15-18)9-13-22(26(21)30)23-12-7-17(4-2)25(29)27(23)31/h6-7,9-10,12-15H,3-5,8,11H2,1-2H3. The van der Waals surface area contributed by atoms with Crippen LogP contribution in [0.3, 0.4) is 0 Å². The molecule has 0 fully saturated rings. The molecule has 1 aliphatic rings. The van der Waals surface area contributed by atoms with Crippen molar-refractivity contribution in [2.45, 2.75) is 46.0 Å². The van der Waals surface area contributed by atoms with Gasteiger partial charge in [-0.1, -0.05) is 62.7 Å². The Labute approximate surface area is 180 Å². The largest absolute Gasteiger partial charge is 0.206 e. The van der Waals surface area contributed by atoms with Crippen molar-refractivity contribution in [3.05, 3.63) is 93.6 Å². The molecule has 0 aliphatic heterocycles. The quantitative estimate of drug-likeness (QED) is 0.365. The van der Waals surface area contributed by atoms with E-state index in [1.165, 1.54) is 18.2 Å². The minimum Gasteiger partial charge on any atom is -0.206 e. The summed E-state index contributed by atoms with van der Waals surface area (Å²) >= 11 is 0. The van der Waals surface area contributed by atoms with Crippen LogP contribution in [-0.2, 0) is 19.3 Å². The Balaban J connectivity index is 1.73. The van der Waals surface area contributed by atoms with Crippen molar-refractivity contribution in [3.8, 4) is 11.1 Å². The maximum atomic E-state index is 15.3. The van der Waals surface area contributed by atoms with Gasteiger partial charge in [-0.15, -0.1) is 0 Å². The molecule has 0 atom stereocenters. The summed E-state index contributed by atoms with van der Waals surface area (Å²) in [5.41, 5.74) is 3.61. The number of fused-ring (bicyclic) bond motifs is 1. The summed E-state index contributed by atoms with van der Waals surface area (Å²) in [6.45, 7) is 3.79. The Morgan fingerprint density at radius 2 is 1.45 bits per heavy atom. The number of hydrogen-bond acceptors (Lipinski definition) is 0. The van der Waals surface area contributed by atoms with Gasteiger partial charge in [0.25, 0.3) is 0 Å². The van der Waals surface area contributed by atoms with E-state index >= 15 is 4.39 Å². The molecule has 0 bridgehead atoms. The van der Waals surface area contributed by atoms with Crippen molar-refractivity contribution in [2.75, 3.05) is 0 Å². The lowest BCUT2D eigenvalue weighted by Crippen LogP contribution is -2.06. The average molecular weight is 424 g/mol. The molecule has 31 heavy (non-hydrogen) atoms. The van der Waals surface area contributed by atoms with Gasteiger partial charge in [0.05, 0.1) is 0 Å². The number of halogens is 4. The SMILES string of the molecule is CCCc1ccc(C2=Cc3ccc(-c4ccc(CC)c(F)c4F)c(F)c3CC2)c(F)c1. The van der Waals surface area contributed by atoms with Crippen LogP contribution in [0.25, 0.3) is 22.8 Å². The molecule has 0 amide bonds. The minimum absolute atomic E-state index is 0.0461. The smallest absolute Gasteiger partial charge is 0.167 e. The Kier molecular flexibility index (Phi) is 5.99. The zero-order chi connectivity index (χ0) is 22.1. The van der Waals surface area contributed by atoms with Crippen molar-refractivity contribution >= 4 is 11.6 Å². The van der Waals surface area contributed by atoms with E-state index in [0.717, 1.165) is 24.0 Å². The van der Waals surface area contributed by atoms with Gasteiger partial charge in [0, 0.05) is 16.7 Å². The highest BCUT2D eigenvalue weighted by Crippen LogP contribution is 2.37. The molecule has 0 radical (unpaired) electrons. The van der Waals surface area contributed by atoms with Crippen LogP contribution in [0.15, 0.2) is 42.5 Å². The van der Waals surface area contributed by atoms with Crippen molar-refractivity contribution in [1.29, 1.82) is 0 Å². The highest BCUT2D eigenvalue weighted by molar-refractivity contribution is 5.85. The molecule has 0 aromatic heterocycles. The van der Waals surface area contributed by atoms with E-state index in [1.807, 2.05) is 13.0 Å². The Hall–Kier alpha value is -2.88. The summed E-state index contributed by atoms with van der Waals surface area (Å²) in [5, 5.41) is 0. The molecule has 0 nitrogen and oxygen atoms in total. The second-order valence-corrected chi connectivity index (χ2v) is 7.98. The van der Waals surface area contributed by atoms with Crippen LogP contribution in [0.4, 0.5) is 17.6 Å². The first-order valence-corrected chi connectivity index (χ1v) is 10.7. The highest BCUT2D eigenvalue weighted by Gasteiger charge is 2.22.